The van der Waals surface area contributed by atoms with Gasteiger partial charge < -0.3 is 0 Å². The third-order valence-electron chi connectivity index (χ3n) is 6.32. The Kier molecular flexibility index (Phi) is 7.18. The van der Waals surface area contributed by atoms with Gasteiger partial charge in [-0.15, -0.1) is 0 Å². The van der Waals surface area contributed by atoms with Crippen molar-refractivity contribution in [1.82, 2.24) is 0 Å². The minimum Gasteiger partial charge on any atom is -0.207 e. The summed E-state index contributed by atoms with van der Waals surface area (Å²) < 4.78 is 57.5. The number of halogens is 4. The lowest BCUT2D eigenvalue weighted by Gasteiger charge is -2.26. The van der Waals surface area contributed by atoms with Crippen LogP contribution in [0.15, 0.2) is 48.5 Å². The maximum atomic E-state index is 14.9. The van der Waals surface area contributed by atoms with Crippen LogP contribution in [0.4, 0.5) is 17.6 Å². The van der Waals surface area contributed by atoms with Crippen molar-refractivity contribution in [3.63, 3.8) is 0 Å². The van der Waals surface area contributed by atoms with Crippen molar-refractivity contribution >= 4 is 0 Å². The summed E-state index contributed by atoms with van der Waals surface area (Å²) in [6, 6.07) is 11.8. The smallest absolute Gasteiger partial charge is 0.139 e. The molecule has 4 heteroatoms. The number of hydrogen-bond acceptors (Lipinski definition) is 0. The molecule has 3 aromatic carbocycles. The van der Waals surface area contributed by atoms with Gasteiger partial charge in [0.15, 0.2) is 0 Å². The van der Waals surface area contributed by atoms with Crippen LogP contribution in [0.1, 0.15) is 71.9 Å². The molecule has 0 radical (unpaired) electrons. The van der Waals surface area contributed by atoms with Crippen LogP contribution in [0.2, 0.25) is 0 Å². The molecule has 0 saturated carbocycles. The molecule has 0 aromatic heterocycles. The van der Waals surface area contributed by atoms with Crippen LogP contribution in [0.3, 0.4) is 0 Å². The Bertz CT molecular complexity index is 1180. The summed E-state index contributed by atoms with van der Waals surface area (Å²) in [5.41, 5.74) is 3.38. The van der Waals surface area contributed by atoms with Crippen LogP contribution >= 0.6 is 0 Å². The molecule has 0 fully saturated rings. The zero-order chi connectivity index (χ0) is 23.4. The van der Waals surface area contributed by atoms with Crippen molar-refractivity contribution in [3.8, 4) is 11.8 Å². The Morgan fingerprint density at radius 3 is 2.24 bits per heavy atom. The molecule has 1 atom stereocenters. The molecular formula is C29H26F4. The molecule has 3 aromatic rings. The topological polar surface area (TPSA) is 0 Å². The predicted molar refractivity (Wildman–Crippen MR) is 123 cm³/mol. The van der Waals surface area contributed by atoms with Crippen LogP contribution in [-0.2, 0) is 19.3 Å². The van der Waals surface area contributed by atoms with Crippen molar-refractivity contribution in [1.29, 1.82) is 0 Å². The Labute approximate surface area is 192 Å². The molecule has 0 amide bonds. The molecule has 0 heterocycles. The number of hydrogen-bond donors (Lipinski definition) is 0. The highest BCUT2D eigenvalue weighted by Crippen LogP contribution is 2.36. The lowest BCUT2D eigenvalue weighted by molar-refractivity contribution is 0.487. The van der Waals surface area contributed by atoms with Crippen molar-refractivity contribution in [3.05, 3.63) is 105 Å². The van der Waals surface area contributed by atoms with Crippen LogP contribution in [0.5, 0.6) is 0 Å². The van der Waals surface area contributed by atoms with Gasteiger partial charge in [0, 0.05) is 11.1 Å². The predicted octanol–water partition coefficient (Wildman–Crippen LogP) is 7.65. The van der Waals surface area contributed by atoms with E-state index in [-0.39, 0.29) is 22.9 Å². The minimum absolute atomic E-state index is 0.112. The van der Waals surface area contributed by atoms with Crippen LogP contribution in [-0.4, -0.2) is 0 Å². The van der Waals surface area contributed by atoms with Gasteiger partial charge in [-0.2, -0.15) is 0 Å². The average Bonchev–Trinajstić information content (AvgIpc) is 2.78. The van der Waals surface area contributed by atoms with Crippen LogP contribution in [0, 0.1) is 35.1 Å². The van der Waals surface area contributed by atoms with E-state index in [9.17, 15) is 17.6 Å². The van der Waals surface area contributed by atoms with Crippen molar-refractivity contribution in [2.24, 2.45) is 0 Å². The highest BCUT2D eigenvalue weighted by molar-refractivity contribution is 5.48. The van der Waals surface area contributed by atoms with Gasteiger partial charge >= 0.3 is 0 Å². The maximum Gasteiger partial charge on any atom is 0.139 e. The molecule has 0 spiro atoms. The summed E-state index contributed by atoms with van der Waals surface area (Å²) in [5, 5.41) is 0. The van der Waals surface area contributed by atoms with Gasteiger partial charge in [-0.25, -0.2) is 17.6 Å². The zero-order valence-electron chi connectivity index (χ0n) is 18.7. The third kappa shape index (κ3) is 5.47. The van der Waals surface area contributed by atoms with Gasteiger partial charge in [0.2, 0.25) is 0 Å². The van der Waals surface area contributed by atoms with Crippen molar-refractivity contribution in [2.75, 3.05) is 0 Å². The van der Waals surface area contributed by atoms with Gasteiger partial charge in [-0.3, -0.25) is 0 Å². The van der Waals surface area contributed by atoms with Gasteiger partial charge in [0.05, 0.1) is 5.56 Å². The van der Waals surface area contributed by atoms with E-state index < -0.39 is 17.5 Å². The summed E-state index contributed by atoms with van der Waals surface area (Å²) in [5.74, 6) is 3.53. The molecule has 0 N–H and O–H groups in total. The second kappa shape index (κ2) is 10.3. The van der Waals surface area contributed by atoms with E-state index in [0.29, 0.717) is 36.8 Å². The third-order valence-corrected chi connectivity index (χ3v) is 6.32. The number of aryl methyl sites for hydroxylation is 2. The van der Waals surface area contributed by atoms with Crippen molar-refractivity contribution in [2.45, 2.75) is 57.8 Å². The Morgan fingerprint density at radius 2 is 1.55 bits per heavy atom. The van der Waals surface area contributed by atoms with Gasteiger partial charge in [0.25, 0.3) is 0 Å². The largest absolute Gasteiger partial charge is 0.207 e. The highest BCUT2D eigenvalue weighted by Gasteiger charge is 2.26. The SMILES string of the molecule is CCCCCc1cc(F)c(C2CCc3cc(C#Cc4ccc(F)cc4)c(F)cc3C2)c(F)c1. The zero-order valence-corrected chi connectivity index (χ0v) is 18.7. The van der Waals surface area contributed by atoms with E-state index in [1.54, 1.807) is 18.2 Å². The van der Waals surface area contributed by atoms with E-state index in [4.69, 9.17) is 0 Å². The maximum absolute atomic E-state index is 14.9. The van der Waals surface area contributed by atoms with Crippen molar-refractivity contribution < 1.29 is 17.6 Å². The van der Waals surface area contributed by atoms with E-state index in [1.165, 1.54) is 30.3 Å². The molecule has 0 aliphatic heterocycles. The Morgan fingerprint density at radius 1 is 0.818 bits per heavy atom. The van der Waals surface area contributed by atoms with E-state index in [0.717, 1.165) is 30.4 Å². The quantitative estimate of drug-likeness (QED) is 0.213. The molecule has 0 saturated heterocycles. The molecular weight excluding hydrogens is 424 g/mol. The first kappa shape index (κ1) is 23.1. The Hall–Kier alpha value is -3.06. The van der Waals surface area contributed by atoms with Gasteiger partial charge in [-0.1, -0.05) is 31.6 Å². The average molecular weight is 451 g/mol. The number of unbranched alkanes of at least 4 members (excludes halogenated alkanes) is 2. The van der Waals surface area contributed by atoms with Crippen LogP contribution in [0.25, 0.3) is 0 Å². The summed E-state index contributed by atoms with van der Waals surface area (Å²) in [6.07, 6.45) is 5.25. The number of rotatable bonds is 5. The summed E-state index contributed by atoms with van der Waals surface area (Å²) in [6.45, 7) is 2.09. The summed E-state index contributed by atoms with van der Waals surface area (Å²) in [7, 11) is 0. The molecule has 0 nitrogen and oxygen atoms in total. The second-order valence-electron chi connectivity index (χ2n) is 8.73. The highest BCUT2D eigenvalue weighted by atomic mass is 19.1. The Balaban J connectivity index is 1.54. The fourth-order valence-electron chi connectivity index (χ4n) is 4.54. The first-order valence-corrected chi connectivity index (χ1v) is 11.5. The molecule has 0 bridgehead atoms. The minimum atomic E-state index is -0.503. The molecule has 170 valence electrons. The molecule has 1 aliphatic carbocycles. The first-order chi connectivity index (χ1) is 15.9. The lowest BCUT2D eigenvalue weighted by atomic mass is 9.79. The van der Waals surface area contributed by atoms with Gasteiger partial charge in [0.1, 0.15) is 23.3 Å². The summed E-state index contributed by atoms with van der Waals surface area (Å²) >= 11 is 0. The fraction of sp³-hybridized carbons (Fsp3) is 0.310. The normalized spacial score (nSPS) is 15.0. The lowest BCUT2D eigenvalue weighted by Crippen LogP contribution is -2.16. The number of fused-ring (bicyclic) bond motifs is 1. The van der Waals surface area contributed by atoms with E-state index in [2.05, 4.69) is 18.8 Å². The molecule has 1 unspecified atom stereocenters. The van der Waals surface area contributed by atoms with E-state index in [1.807, 2.05) is 0 Å². The summed E-state index contributed by atoms with van der Waals surface area (Å²) in [4.78, 5) is 0. The molecule has 1 aliphatic rings. The van der Waals surface area contributed by atoms with Crippen LogP contribution < -0.4 is 0 Å². The van der Waals surface area contributed by atoms with Gasteiger partial charge in [-0.05, 0) is 103 Å². The molecule has 33 heavy (non-hydrogen) atoms. The number of benzene rings is 3. The second-order valence-corrected chi connectivity index (χ2v) is 8.73. The fourth-order valence-corrected chi connectivity index (χ4v) is 4.54. The van der Waals surface area contributed by atoms with E-state index >= 15 is 0 Å². The monoisotopic (exact) mass is 450 g/mol. The molecule has 4 rings (SSSR count). The standard InChI is InChI=1S/C29H26F4/c1-2-3-4-5-20-14-27(32)29(28(33)15-20)23-11-10-21-16-22(26(31)18-24(21)17-23)9-6-19-7-12-25(30)13-8-19/h7-8,12-16,18,23H,2-5,10-11,17H2,1H3. The first-order valence-electron chi connectivity index (χ1n) is 11.5.